The van der Waals surface area contributed by atoms with E-state index < -0.39 is 0 Å². The maximum Gasteiger partial charge on any atom is 0.117 e. The van der Waals surface area contributed by atoms with Crippen molar-refractivity contribution in [1.29, 1.82) is 0 Å². The highest BCUT2D eigenvalue weighted by Crippen LogP contribution is 2.37. The van der Waals surface area contributed by atoms with Crippen molar-refractivity contribution in [3.8, 4) is 0 Å². The van der Waals surface area contributed by atoms with Crippen molar-refractivity contribution in [3.05, 3.63) is 57.8 Å². The highest BCUT2D eigenvalue weighted by atomic mass is 32.1. The van der Waals surface area contributed by atoms with Crippen LogP contribution in [-0.4, -0.2) is 0 Å². The molecule has 1 aromatic carbocycles. The zero-order valence-electron chi connectivity index (χ0n) is 7.64. The molecule has 0 amide bonds. The van der Waals surface area contributed by atoms with Crippen LogP contribution in [0.1, 0.15) is 22.1 Å². The quantitative estimate of drug-likeness (QED) is 0.689. The number of rotatable bonds is 1. The molecule has 1 aromatic heterocycles. The van der Waals surface area contributed by atoms with E-state index in [1.807, 2.05) is 0 Å². The summed E-state index contributed by atoms with van der Waals surface area (Å²) in [6.07, 6.45) is 0.172. The normalized spacial score (nSPS) is 19.6. The van der Waals surface area contributed by atoms with Gasteiger partial charge < -0.3 is 4.74 Å². The first-order valence-corrected chi connectivity index (χ1v) is 5.56. The van der Waals surface area contributed by atoms with Crippen molar-refractivity contribution >= 4 is 11.3 Å². The van der Waals surface area contributed by atoms with Gasteiger partial charge in [0.1, 0.15) is 6.10 Å². The van der Waals surface area contributed by atoms with Gasteiger partial charge in [-0.15, -0.1) is 11.3 Å². The molecule has 1 aliphatic heterocycles. The third kappa shape index (κ3) is 1.19. The van der Waals surface area contributed by atoms with Crippen molar-refractivity contribution in [3.63, 3.8) is 0 Å². The molecule has 0 fully saturated rings. The van der Waals surface area contributed by atoms with Crippen LogP contribution < -0.4 is 0 Å². The molecule has 0 bridgehead atoms. The van der Waals surface area contributed by atoms with Crippen LogP contribution in [0.2, 0.25) is 0 Å². The summed E-state index contributed by atoms with van der Waals surface area (Å²) in [5, 5.41) is 2.10. The van der Waals surface area contributed by atoms with E-state index in [1.54, 1.807) is 11.3 Å². The Hall–Kier alpha value is -1.12. The molecule has 2 aromatic rings. The second-order valence-electron chi connectivity index (χ2n) is 3.41. The summed E-state index contributed by atoms with van der Waals surface area (Å²) >= 11 is 1.76. The number of fused-ring (bicyclic) bond motifs is 1. The average Bonchev–Trinajstić information content (AvgIpc) is 2.85. The van der Waals surface area contributed by atoms with Gasteiger partial charge in [0.05, 0.1) is 6.61 Å². The van der Waals surface area contributed by atoms with Crippen LogP contribution in [0.4, 0.5) is 0 Å². The van der Waals surface area contributed by atoms with Crippen LogP contribution in [-0.2, 0) is 11.3 Å². The van der Waals surface area contributed by atoms with E-state index in [0.29, 0.717) is 0 Å². The van der Waals surface area contributed by atoms with Gasteiger partial charge in [-0.05, 0) is 22.6 Å². The smallest absolute Gasteiger partial charge is 0.117 e. The summed E-state index contributed by atoms with van der Waals surface area (Å²) in [5.74, 6) is 0. The molecule has 2 heteroatoms. The summed E-state index contributed by atoms with van der Waals surface area (Å²) in [4.78, 5) is 1.30. The number of hydrogen-bond donors (Lipinski definition) is 0. The molecule has 1 unspecified atom stereocenters. The molecular formula is C12H10OS. The molecule has 0 saturated heterocycles. The Kier molecular flexibility index (Phi) is 1.89. The van der Waals surface area contributed by atoms with Crippen LogP contribution in [0.5, 0.6) is 0 Å². The van der Waals surface area contributed by atoms with Gasteiger partial charge in [-0.25, -0.2) is 0 Å². The summed E-state index contributed by atoms with van der Waals surface area (Å²) in [5.41, 5.74) is 2.65. The molecular weight excluding hydrogens is 192 g/mol. The van der Waals surface area contributed by atoms with E-state index in [2.05, 4.69) is 41.8 Å². The SMILES string of the molecule is c1csc(C2OCc3ccccc32)c1. The van der Waals surface area contributed by atoms with Crippen molar-refractivity contribution in [2.75, 3.05) is 0 Å². The monoisotopic (exact) mass is 202 g/mol. The predicted octanol–water partition coefficient (Wildman–Crippen LogP) is 3.37. The third-order valence-electron chi connectivity index (χ3n) is 2.54. The summed E-state index contributed by atoms with van der Waals surface area (Å²) in [7, 11) is 0. The second-order valence-corrected chi connectivity index (χ2v) is 4.38. The average molecular weight is 202 g/mol. The lowest BCUT2D eigenvalue weighted by Crippen LogP contribution is -1.94. The first-order chi connectivity index (χ1) is 6.95. The lowest BCUT2D eigenvalue weighted by atomic mass is 10.0. The van der Waals surface area contributed by atoms with E-state index in [9.17, 15) is 0 Å². The molecule has 70 valence electrons. The summed E-state index contributed by atoms with van der Waals surface area (Å²) < 4.78 is 5.78. The molecule has 0 radical (unpaired) electrons. The van der Waals surface area contributed by atoms with E-state index in [0.717, 1.165) is 6.61 Å². The Morgan fingerprint density at radius 1 is 1.14 bits per heavy atom. The maximum atomic E-state index is 5.78. The minimum absolute atomic E-state index is 0.172. The Balaban J connectivity index is 2.06. The molecule has 1 atom stereocenters. The van der Waals surface area contributed by atoms with E-state index in [-0.39, 0.29) is 6.10 Å². The van der Waals surface area contributed by atoms with Gasteiger partial charge in [-0.1, -0.05) is 30.3 Å². The van der Waals surface area contributed by atoms with Crippen LogP contribution in [0.3, 0.4) is 0 Å². The Bertz CT molecular complexity index is 433. The first kappa shape index (κ1) is 8.21. The standard InChI is InChI=1S/C12H10OS/c1-2-5-10-9(4-1)8-13-12(10)11-6-3-7-14-11/h1-7,12H,8H2. The minimum Gasteiger partial charge on any atom is -0.363 e. The fraction of sp³-hybridized carbons (Fsp3) is 0.167. The number of benzene rings is 1. The highest BCUT2D eigenvalue weighted by Gasteiger charge is 2.24. The number of thiophene rings is 1. The van der Waals surface area contributed by atoms with Gasteiger partial charge in [-0.3, -0.25) is 0 Å². The van der Waals surface area contributed by atoms with E-state index in [1.165, 1.54) is 16.0 Å². The Morgan fingerprint density at radius 3 is 2.93 bits per heavy atom. The molecule has 1 aliphatic rings. The van der Waals surface area contributed by atoms with Gasteiger partial charge in [0.25, 0.3) is 0 Å². The maximum absolute atomic E-state index is 5.78. The topological polar surface area (TPSA) is 9.23 Å². The second kappa shape index (κ2) is 3.23. The lowest BCUT2D eigenvalue weighted by molar-refractivity contribution is 0.0963. The molecule has 0 N–H and O–H groups in total. The molecule has 0 spiro atoms. The predicted molar refractivity (Wildman–Crippen MR) is 57.4 cm³/mol. The van der Waals surface area contributed by atoms with Gasteiger partial charge >= 0.3 is 0 Å². The zero-order valence-corrected chi connectivity index (χ0v) is 8.46. The molecule has 2 heterocycles. The lowest BCUT2D eigenvalue weighted by Gasteiger charge is -2.07. The number of hydrogen-bond acceptors (Lipinski definition) is 2. The van der Waals surface area contributed by atoms with Crippen molar-refractivity contribution < 1.29 is 4.74 Å². The van der Waals surface area contributed by atoms with Crippen LogP contribution in [0.25, 0.3) is 0 Å². The van der Waals surface area contributed by atoms with Crippen molar-refractivity contribution in [2.24, 2.45) is 0 Å². The third-order valence-corrected chi connectivity index (χ3v) is 3.46. The minimum atomic E-state index is 0.172. The fourth-order valence-electron chi connectivity index (χ4n) is 1.86. The fourth-order valence-corrected chi connectivity index (χ4v) is 2.65. The summed E-state index contributed by atoms with van der Waals surface area (Å²) in [6, 6.07) is 12.7. The van der Waals surface area contributed by atoms with Crippen molar-refractivity contribution in [1.82, 2.24) is 0 Å². The molecule has 3 rings (SSSR count). The van der Waals surface area contributed by atoms with Crippen LogP contribution >= 0.6 is 11.3 Å². The van der Waals surface area contributed by atoms with Crippen molar-refractivity contribution in [2.45, 2.75) is 12.7 Å². The highest BCUT2D eigenvalue weighted by molar-refractivity contribution is 7.10. The largest absolute Gasteiger partial charge is 0.363 e. The number of ether oxygens (including phenoxy) is 1. The molecule has 0 saturated carbocycles. The molecule has 0 aliphatic carbocycles. The van der Waals surface area contributed by atoms with Gasteiger partial charge in [0, 0.05) is 4.88 Å². The van der Waals surface area contributed by atoms with E-state index in [4.69, 9.17) is 4.74 Å². The summed E-state index contributed by atoms with van der Waals surface area (Å²) in [6.45, 7) is 0.749. The van der Waals surface area contributed by atoms with E-state index >= 15 is 0 Å². The molecule has 14 heavy (non-hydrogen) atoms. The Labute approximate surface area is 87.0 Å². The van der Waals surface area contributed by atoms with Crippen LogP contribution in [0, 0.1) is 0 Å². The van der Waals surface area contributed by atoms with Crippen LogP contribution in [0.15, 0.2) is 41.8 Å². The van der Waals surface area contributed by atoms with Gasteiger partial charge in [-0.2, -0.15) is 0 Å². The zero-order chi connectivity index (χ0) is 9.38. The Morgan fingerprint density at radius 2 is 2.07 bits per heavy atom. The molecule has 1 nitrogen and oxygen atoms in total. The van der Waals surface area contributed by atoms with Gasteiger partial charge in [0.15, 0.2) is 0 Å². The first-order valence-electron chi connectivity index (χ1n) is 4.68. The van der Waals surface area contributed by atoms with Gasteiger partial charge in [0.2, 0.25) is 0 Å².